The SMILES string of the molecule is CC1(C)CC(=O)c2[c-]cn(-c3ccc(C(N)=O)c(NC4CCC(OC(=O)CNC(=O)C(N)CN)CC4)c3)c2C1.[Y]. The van der Waals surface area contributed by atoms with E-state index < -0.39 is 23.8 Å². The molecule has 2 amide bonds. The number of rotatable bonds is 9. The van der Waals surface area contributed by atoms with E-state index in [-0.39, 0.29) is 69.1 Å². The summed E-state index contributed by atoms with van der Waals surface area (Å²) in [5.74, 6) is -1.48. The van der Waals surface area contributed by atoms with Crippen molar-refractivity contribution in [1.82, 2.24) is 9.88 Å². The van der Waals surface area contributed by atoms with Gasteiger partial charge in [-0.15, -0.1) is 5.56 Å². The predicted octanol–water partition coefficient (Wildman–Crippen LogP) is 1.20. The Morgan fingerprint density at radius 2 is 1.88 bits per heavy atom. The van der Waals surface area contributed by atoms with Crippen LogP contribution < -0.4 is 27.8 Å². The minimum atomic E-state index is -0.862. The molecule has 1 aromatic carbocycles. The smallest absolute Gasteiger partial charge is 0.325 e. The molecule has 1 aromatic heterocycles. The second-order valence-corrected chi connectivity index (χ2v) is 11.2. The molecule has 1 fully saturated rings. The minimum absolute atomic E-state index is 0. The molecular formula is C28H37N6O5Y-. The van der Waals surface area contributed by atoms with Crippen LogP contribution in [0.1, 0.15) is 72.4 Å². The molecule has 0 spiro atoms. The number of hydrogen-bond donors (Lipinski definition) is 5. The number of carbonyl (C=O) groups is 4. The number of benzene rings is 1. The van der Waals surface area contributed by atoms with Crippen molar-refractivity contribution in [3.05, 3.63) is 47.3 Å². The molecule has 4 rings (SSSR count). The Hall–Kier alpha value is -2.60. The zero-order chi connectivity index (χ0) is 28.3. The molecule has 0 saturated heterocycles. The summed E-state index contributed by atoms with van der Waals surface area (Å²) in [5, 5.41) is 5.88. The van der Waals surface area contributed by atoms with Gasteiger partial charge in [-0.1, -0.05) is 32.2 Å². The molecule has 11 nitrogen and oxygen atoms in total. The predicted molar refractivity (Wildman–Crippen MR) is 145 cm³/mol. The Bertz CT molecular complexity index is 1270. The fraction of sp³-hybridized carbons (Fsp3) is 0.500. The van der Waals surface area contributed by atoms with Crippen LogP contribution in [0.4, 0.5) is 5.69 Å². The summed E-state index contributed by atoms with van der Waals surface area (Å²) in [4.78, 5) is 48.7. The van der Waals surface area contributed by atoms with Crippen LogP contribution in [0.3, 0.4) is 0 Å². The zero-order valence-corrected chi connectivity index (χ0v) is 25.8. The molecule has 1 atom stereocenters. The molecule has 12 heteroatoms. The number of esters is 1. The number of anilines is 1. The van der Waals surface area contributed by atoms with E-state index in [2.05, 4.69) is 30.5 Å². The van der Waals surface area contributed by atoms with Crippen molar-refractivity contribution in [2.24, 2.45) is 22.6 Å². The van der Waals surface area contributed by atoms with Crippen LogP contribution in [-0.4, -0.2) is 59.4 Å². The molecule has 0 bridgehead atoms. The Morgan fingerprint density at radius 3 is 2.52 bits per heavy atom. The summed E-state index contributed by atoms with van der Waals surface area (Å²) in [6.07, 6.45) is 5.41. The number of ether oxygens (including phenoxy) is 1. The van der Waals surface area contributed by atoms with Gasteiger partial charge < -0.3 is 41.9 Å². The van der Waals surface area contributed by atoms with Gasteiger partial charge in [-0.25, -0.2) is 0 Å². The number of aromatic nitrogens is 1. The molecule has 2 aliphatic rings. The Kier molecular flexibility index (Phi) is 10.7. The molecule has 2 aromatic rings. The first-order chi connectivity index (χ1) is 18.5. The number of nitrogens with two attached hydrogens (primary N) is 3. The van der Waals surface area contributed by atoms with E-state index in [0.717, 1.165) is 17.8 Å². The molecular weight excluding hydrogens is 589 g/mol. The maximum Gasteiger partial charge on any atom is 0.325 e. The van der Waals surface area contributed by atoms with E-state index in [9.17, 15) is 19.2 Å². The first-order valence-corrected chi connectivity index (χ1v) is 13.3. The van der Waals surface area contributed by atoms with Gasteiger partial charge in [0.1, 0.15) is 12.6 Å². The normalized spacial score (nSPS) is 20.4. The summed E-state index contributed by atoms with van der Waals surface area (Å²) in [6, 6.07) is 7.69. The second-order valence-electron chi connectivity index (χ2n) is 11.2. The van der Waals surface area contributed by atoms with Crippen LogP contribution in [-0.2, 0) is 53.5 Å². The van der Waals surface area contributed by atoms with Gasteiger partial charge in [-0.2, -0.15) is 6.07 Å². The van der Waals surface area contributed by atoms with Gasteiger partial charge >= 0.3 is 5.97 Å². The molecule has 1 saturated carbocycles. The molecule has 1 unspecified atom stereocenters. The number of hydrogen-bond acceptors (Lipinski definition) is 8. The van der Waals surface area contributed by atoms with Crippen molar-refractivity contribution in [3.8, 4) is 5.69 Å². The first-order valence-electron chi connectivity index (χ1n) is 13.3. The van der Waals surface area contributed by atoms with Gasteiger partial charge in [-0.3, -0.25) is 14.4 Å². The first kappa shape index (κ1) is 31.9. The van der Waals surface area contributed by atoms with Crippen LogP contribution in [0.25, 0.3) is 5.69 Å². The summed E-state index contributed by atoms with van der Waals surface area (Å²) in [7, 11) is 0. The molecule has 40 heavy (non-hydrogen) atoms. The van der Waals surface area contributed by atoms with Gasteiger partial charge in [0.15, 0.2) is 0 Å². The van der Waals surface area contributed by atoms with Gasteiger partial charge in [0.25, 0.3) is 5.91 Å². The van der Waals surface area contributed by atoms with Gasteiger partial charge in [0, 0.05) is 56.7 Å². The molecule has 0 aliphatic heterocycles. The third-order valence-electron chi connectivity index (χ3n) is 7.36. The molecule has 2 aliphatic carbocycles. The minimum Gasteiger partial charge on any atom is -0.461 e. The van der Waals surface area contributed by atoms with Crippen molar-refractivity contribution in [3.63, 3.8) is 0 Å². The number of fused-ring (bicyclic) bond motifs is 1. The number of primary amides is 1. The van der Waals surface area contributed by atoms with E-state index >= 15 is 0 Å². The molecule has 1 heterocycles. The maximum absolute atomic E-state index is 12.6. The number of amides is 2. The van der Waals surface area contributed by atoms with E-state index in [1.54, 1.807) is 12.3 Å². The van der Waals surface area contributed by atoms with E-state index in [1.165, 1.54) is 0 Å². The Labute approximate surface area is 259 Å². The monoisotopic (exact) mass is 626 g/mol. The number of carbonyl (C=O) groups excluding carboxylic acids is 4. The van der Waals surface area contributed by atoms with Crippen LogP contribution in [0, 0.1) is 11.5 Å². The standard InChI is InChI=1S/C28H37N6O5.Y/c1-28(2)12-23-20(24(35)13-28)9-10-34(23)17-5-8-19(26(31)37)22(11-17)33-16-3-6-18(7-4-16)39-25(36)15-32-27(38)21(30)14-29;/h5,8,10-11,16,18,21,33H,3-4,6-7,12-15,29-30H2,1-2H3,(H2,31,37)(H,32,38);/q-1;. The third kappa shape index (κ3) is 7.57. The quantitative estimate of drug-likeness (QED) is 0.203. The van der Waals surface area contributed by atoms with Crippen LogP contribution >= 0.6 is 0 Å². The number of nitrogens with zero attached hydrogens (tertiary/aromatic N) is 1. The van der Waals surface area contributed by atoms with Crippen molar-refractivity contribution in [1.29, 1.82) is 0 Å². The Morgan fingerprint density at radius 1 is 1.18 bits per heavy atom. The fourth-order valence-corrected chi connectivity index (χ4v) is 5.28. The van der Waals surface area contributed by atoms with Gasteiger partial charge in [0.2, 0.25) is 5.91 Å². The van der Waals surface area contributed by atoms with E-state index in [1.807, 2.05) is 16.7 Å². The topological polar surface area (TPSA) is 185 Å². The van der Waals surface area contributed by atoms with E-state index in [4.69, 9.17) is 21.9 Å². The maximum atomic E-state index is 12.6. The van der Waals surface area contributed by atoms with Crippen LogP contribution in [0.15, 0.2) is 24.4 Å². The fourth-order valence-electron chi connectivity index (χ4n) is 5.28. The van der Waals surface area contributed by atoms with E-state index in [0.29, 0.717) is 48.9 Å². The summed E-state index contributed by atoms with van der Waals surface area (Å²) in [5.41, 5.74) is 19.7. The zero-order valence-electron chi connectivity index (χ0n) is 23.0. The van der Waals surface area contributed by atoms with Crippen molar-refractivity contribution in [2.45, 2.75) is 70.6 Å². The summed E-state index contributed by atoms with van der Waals surface area (Å²) < 4.78 is 7.46. The molecule has 1 radical (unpaired) electrons. The molecule has 213 valence electrons. The molecule has 8 N–H and O–H groups in total. The van der Waals surface area contributed by atoms with Crippen molar-refractivity contribution < 1.29 is 56.6 Å². The summed E-state index contributed by atoms with van der Waals surface area (Å²) >= 11 is 0. The summed E-state index contributed by atoms with van der Waals surface area (Å²) in [6.45, 7) is 3.88. The van der Waals surface area contributed by atoms with Crippen molar-refractivity contribution in [2.75, 3.05) is 18.4 Å². The van der Waals surface area contributed by atoms with Crippen LogP contribution in [0.5, 0.6) is 0 Å². The average molecular weight is 627 g/mol. The van der Waals surface area contributed by atoms with Crippen molar-refractivity contribution >= 4 is 29.3 Å². The van der Waals surface area contributed by atoms with Crippen LogP contribution in [0.2, 0.25) is 0 Å². The van der Waals surface area contributed by atoms with Gasteiger partial charge in [-0.05, 0) is 55.7 Å². The average Bonchev–Trinajstić information content (AvgIpc) is 3.30. The Balaban J connectivity index is 0.00000441. The largest absolute Gasteiger partial charge is 0.461 e. The second kappa shape index (κ2) is 13.4. The van der Waals surface area contributed by atoms with Gasteiger partial charge in [0.05, 0.1) is 17.4 Å². The number of ketones is 1. The number of nitrogens with one attached hydrogen (secondary N) is 2. The number of Topliss-reactive ketones (excluding diaryl/α,β-unsaturated/α-hetero) is 1. The third-order valence-corrected chi connectivity index (χ3v) is 7.36.